The summed E-state index contributed by atoms with van der Waals surface area (Å²) < 4.78 is 5.84. The van der Waals surface area contributed by atoms with Gasteiger partial charge in [-0.2, -0.15) is 0 Å². The summed E-state index contributed by atoms with van der Waals surface area (Å²) >= 11 is 0. The maximum Gasteiger partial charge on any atom is 0.119 e. The topological polar surface area (TPSA) is 9.23 Å². The number of ether oxygens (including phenoxy) is 1. The Kier molecular flexibility index (Phi) is 8.40. The van der Waals surface area contributed by atoms with Crippen molar-refractivity contribution >= 4 is 12.2 Å². The third kappa shape index (κ3) is 6.23. The van der Waals surface area contributed by atoms with Crippen LogP contribution in [0.25, 0.3) is 12.2 Å². The van der Waals surface area contributed by atoms with E-state index in [4.69, 9.17) is 4.74 Å². The Labute approximate surface area is 178 Å². The Bertz CT molecular complexity index is 733. The van der Waals surface area contributed by atoms with Crippen molar-refractivity contribution in [3.05, 3.63) is 65.2 Å². The molecule has 3 rings (SSSR count). The fraction of sp³-hybridized carbons (Fsp3) is 0.500. The SMILES string of the molecule is CCCCCCOc1ccc(C=Cc2ccc(C3(CC)CCCCC3)cc2)cc1. The average molecular weight is 391 g/mol. The summed E-state index contributed by atoms with van der Waals surface area (Å²) in [6, 6.07) is 17.7. The molecule has 0 amide bonds. The number of hydrogen-bond donors (Lipinski definition) is 0. The summed E-state index contributed by atoms with van der Waals surface area (Å²) in [7, 11) is 0. The highest BCUT2D eigenvalue weighted by molar-refractivity contribution is 5.70. The van der Waals surface area contributed by atoms with E-state index < -0.39 is 0 Å². The zero-order valence-electron chi connectivity index (χ0n) is 18.5. The fourth-order valence-corrected chi connectivity index (χ4v) is 4.61. The van der Waals surface area contributed by atoms with E-state index in [0.29, 0.717) is 5.41 Å². The molecule has 0 N–H and O–H groups in total. The van der Waals surface area contributed by atoms with E-state index >= 15 is 0 Å². The van der Waals surface area contributed by atoms with E-state index in [2.05, 4.69) is 74.5 Å². The van der Waals surface area contributed by atoms with Gasteiger partial charge < -0.3 is 4.74 Å². The first kappa shape index (κ1) is 21.7. The van der Waals surface area contributed by atoms with Crippen LogP contribution in [0.5, 0.6) is 5.75 Å². The van der Waals surface area contributed by atoms with E-state index in [-0.39, 0.29) is 0 Å². The van der Waals surface area contributed by atoms with Crippen LogP contribution in [-0.2, 0) is 5.41 Å². The molecule has 1 fully saturated rings. The third-order valence-corrected chi connectivity index (χ3v) is 6.63. The molecule has 156 valence electrons. The highest BCUT2D eigenvalue weighted by Gasteiger charge is 2.31. The van der Waals surface area contributed by atoms with Gasteiger partial charge >= 0.3 is 0 Å². The van der Waals surface area contributed by atoms with Crippen molar-refractivity contribution in [1.29, 1.82) is 0 Å². The van der Waals surface area contributed by atoms with Crippen molar-refractivity contribution in [3.63, 3.8) is 0 Å². The summed E-state index contributed by atoms with van der Waals surface area (Å²) in [5.41, 5.74) is 4.45. The molecule has 1 nitrogen and oxygen atoms in total. The Morgan fingerprint density at radius 2 is 1.38 bits per heavy atom. The van der Waals surface area contributed by atoms with Gasteiger partial charge in [-0.1, -0.05) is 101 Å². The zero-order chi connectivity index (χ0) is 20.4. The van der Waals surface area contributed by atoms with Gasteiger partial charge in [-0.05, 0) is 59.9 Å². The number of hydrogen-bond acceptors (Lipinski definition) is 1. The van der Waals surface area contributed by atoms with E-state index in [9.17, 15) is 0 Å². The molecule has 0 bridgehead atoms. The monoisotopic (exact) mass is 390 g/mol. The summed E-state index contributed by atoms with van der Waals surface area (Å²) in [5, 5.41) is 0. The molecule has 2 aromatic carbocycles. The fourth-order valence-electron chi connectivity index (χ4n) is 4.61. The van der Waals surface area contributed by atoms with Crippen molar-refractivity contribution in [3.8, 4) is 5.75 Å². The quantitative estimate of drug-likeness (QED) is 0.292. The predicted molar refractivity (Wildman–Crippen MR) is 127 cm³/mol. The minimum Gasteiger partial charge on any atom is -0.494 e. The lowest BCUT2D eigenvalue weighted by atomic mass is 9.68. The first-order valence-corrected chi connectivity index (χ1v) is 11.8. The van der Waals surface area contributed by atoms with E-state index in [1.807, 2.05) is 0 Å². The molecule has 1 aliphatic carbocycles. The van der Waals surface area contributed by atoms with Crippen LogP contribution in [0.2, 0.25) is 0 Å². The van der Waals surface area contributed by atoms with Gasteiger partial charge in [0.25, 0.3) is 0 Å². The lowest BCUT2D eigenvalue weighted by Crippen LogP contribution is -2.28. The van der Waals surface area contributed by atoms with Gasteiger partial charge in [-0.15, -0.1) is 0 Å². The van der Waals surface area contributed by atoms with Crippen molar-refractivity contribution in [2.45, 2.75) is 83.5 Å². The molecule has 1 heteroatoms. The lowest BCUT2D eigenvalue weighted by Gasteiger charge is -2.37. The molecule has 0 heterocycles. The van der Waals surface area contributed by atoms with Gasteiger partial charge in [0.2, 0.25) is 0 Å². The lowest BCUT2D eigenvalue weighted by molar-refractivity contribution is 0.283. The summed E-state index contributed by atoms with van der Waals surface area (Å²) in [5.74, 6) is 0.973. The summed E-state index contributed by atoms with van der Waals surface area (Å²) in [6.07, 6.45) is 17.5. The van der Waals surface area contributed by atoms with Crippen LogP contribution < -0.4 is 4.74 Å². The number of rotatable bonds is 10. The standard InChI is InChI=1S/C28H38O/c1-3-5-6-10-23-29-27-19-15-25(16-20-27)12-11-24-13-17-26(18-14-24)28(4-2)21-8-7-9-22-28/h11-20H,3-10,21-23H2,1-2H3. The Morgan fingerprint density at radius 1 is 0.759 bits per heavy atom. The minimum atomic E-state index is 0.423. The molecule has 0 aromatic heterocycles. The highest BCUT2D eigenvalue weighted by atomic mass is 16.5. The minimum absolute atomic E-state index is 0.423. The predicted octanol–water partition coefficient (Wildman–Crippen LogP) is 8.43. The molecule has 2 aromatic rings. The molecule has 29 heavy (non-hydrogen) atoms. The van der Waals surface area contributed by atoms with Crippen molar-refractivity contribution in [2.24, 2.45) is 0 Å². The largest absolute Gasteiger partial charge is 0.494 e. The maximum absolute atomic E-state index is 5.84. The number of unbranched alkanes of at least 4 members (excludes halogenated alkanes) is 3. The molecule has 0 unspecified atom stereocenters. The van der Waals surface area contributed by atoms with Crippen LogP contribution in [0.15, 0.2) is 48.5 Å². The molecule has 0 saturated heterocycles. The molecule has 1 saturated carbocycles. The Balaban J connectivity index is 1.54. The molecular weight excluding hydrogens is 352 g/mol. The van der Waals surface area contributed by atoms with Gasteiger partial charge in [-0.25, -0.2) is 0 Å². The summed E-state index contributed by atoms with van der Waals surface area (Å²) in [4.78, 5) is 0. The Morgan fingerprint density at radius 3 is 1.97 bits per heavy atom. The van der Waals surface area contributed by atoms with E-state index in [1.54, 1.807) is 0 Å². The smallest absolute Gasteiger partial charge is 0.119 e. The van der Waals surface area contributed by atoms with Gasteiger partial charge in [-0.3, -0.25) is 0 Å². The van der Waals surface area contributed by atoms with Crippen molar-refractivity contribution < 1.29 is 4.74 Å². The van der Waals surface area contributed by atoms with E-state index in [1.165, 1.54) is 74.5 Å². The first-order chi connectivity index (χ1) is 14.3. The molecule has 1 aliphatic rings. The van der Waals surface area contributed by atoms with Crippen LogP contribution in [0.3, 0.4) is 0 Å². The second kappa shape index (κ2) is 11.2. The Hall–Kier alpha value is -2.02. The van der Waals surface area contributed by atoms with Crippen LogP contribution in [0.1, 0.15) is 94.7 Å². The maximum atomic E-state index is 5.84. The number of benzene rings is 2. The van der Waals surface area contributed by atoms with Crippen molar-refractivity contribution in [2.75, 3.05) is 6.61 Å². The molecule has 0 aliphatic heterocycles. The normalized spacial score (nSPS) is 16.2. The molecule has 0 atom stereocenters. The van der Waals surface area contributed by atoms with Gasteiger partial charge in [0.1, 0.15) is 5.75 Å². The second-order valence-corrected chi connectivity index (χ2v) is 8.63. The molecule has 0 radical (unpaired) electrons. The molecular formula is C28H38O. The first-order valence-electron chi connectivity index (χ1n) is 11.8. The van der Waals surface area contributed by atoms with Crippen LogP contribution >= 0.6 is 0 Å². The van der Waals surface area contributed by atoms with Gasteiger partial charge in [0.05, 0.1) is 6.61 Å². The van der Waals surface area contributed by atoms with E-state index in [0.717, 1.165) is 18.8 Å². The van der Waals surface area contributed by atoms with Crippen LogP contribution in [-0.4, -0.2) is 6.61 Å². The van der Waals surface area contributed by atoms with Gasteiger partial charge in [0, 0.05) is 0 Å². The van der Waals surface area contributed by atoms with Crippen molar-refractivity contribution in [1.82, 2.24) is 0 Å². The third-order valence-electron chi connectivity index (χ3n) is 6.63. The highest BCUT2D eigenvalue weighted by Crippen LogP contribution is 2.42. The second-order valence-electron chi connectivity index (χ2n) is 8.63. The zero-order valence-corrected chi connectivity index (χ0v) is 18.5. The van der Waals surface area contributed by atoms with Crippen LogP contribution in [0.4, 0.5) is 0 Å². The van der Waals surface area contributed by atoms with Gasteiger partial charge in [0.15, 0.2) is 0 Å². The average Bonchev–Trinajstić information content (AvgIpc) is 2.79. The van der Waals surface area contributed by atoms with Crippen LogP contribution in [0, 0.1) is 0 Å². The summed E-state index contributed by atoms with van der Waals surface area (Å²) in [6.45, 7) is 5.42. The molecule has 0 spiro atoms.